The molecule has 1 saturated carbocycles. The fraction of sp³-hybridized carbons (Fsp3) is 0.818. The van der Waals surface area contributed by atoms with Crippen LogP contribution >= 0.6 is 12.4 Å². The van der Waals surface area contributed by atoms with Crippen LogP contribution in [0.3, 0.4) is 0 Å². The van der Waals surface area contributed by atoms with E-state index in [1.54, 1.807) is 0 Å². The third-order valence-electron chi connectivity index (χ3n) is 3.69. The molecule has 1 aromatic rings. The Bertz CT molecular complexity index is 349. The molecule has 90 valence electrons. The van der Waals surface area contributed by atoms with E-state index < -0.39 is 0 Å². The second kappa shape index (κ2) is 4.72. The molecule has 4 nitrogen and oxygen atoms in total. The van der Waals surface area contributed by atoms with Crippen LogP contribution < -0.4 is 5.32 Å². The molecule has 2 atom stereocenters. The van der Waals surface area contributed by atoms with Crippen LogP contribution in [0.2, 0.25) is 0 Å². The first-order chi connectivity index (χ1) is 7.34. The van der Waals surface area contributed by atoms with Gasteiger partial charge in [0, 0.05) is 5.92 Å². The molecule has 2 fully saturated rings. The van der Waals surface area contributed by atoms with Crippen LogP contribution in [0.5, 0.6) is 0 Å². The minimum Gasteiger partial charge on any atom is -0.339 e. The number of hydrogen-bond acceptors (Lipinski definition) is 4. The highest BCUT2D eigenvalue weighted by molar-refractivity contribution is 5.85. The lowest BCUT2D eigenvalue weighted by Gasteiger charge is -2.22. The van der Waals surface area contributed by atoms with E-state index in [2.05, 4.69) is 15.5 Å². The highest BCUT2D eigenvalue weighted by Gasteiger charge is 2.47. The third-order valence-corrected chi connectivity index (χ3v) is 3.69. The maximum atomic E-state index is 5.23. The van der Waals surface area contributed by atoms with Crippen LogP contribution in [-0.2, 0) is 0 Å². The third kappa shape index (κ3) is 2.23. The van der Waals surface area contributed by atoms with Gasteiger partial charge in [0.1, 0.15) is 0 Å². The van der Waals surface area contributed by atoms with Gasteiger partial charge in [-0.05, 0) is 51.1 Å². The Balaban J connectivity index is 0.000000963. The molecule has 5 heteroatoms. The van der Waals surface area contributed by atoms with Gasteiger partial charge in [-0.2, -0.15) is 4.98 Å². The first-order valence-corrected chi connectivity index (χ1v) is 5.85. The predicted octanol–water partition coefficient (Wildman–Crippen LogP) is 1.90. The van der Waals surface area contributed by atoms with Gasteiger partial charge in [0.25, 0.3) is 0 Å². The monoisotopic (exact) mass is 243 g/mol. The van der Waals surface area contributed by atoms with E-state index in [0.29, 0.717) is 5.92 Å². The van der Waals surface area contributed by atoms with E-state index in [1.807, 2.05) is 6.92 Å². The van der Waals surface area contributed by atoms with E-state index >= 15 is 0 Å². The summed E-state index contributed by atoms with van der Waals surface area (Å²) in [5, 5.41) is 7.26. The van der Waals surface area contributed by atoms with Gasteiger partial charge >= 0.3 is 0 Å². The molecule has 0 radical (unpaired) electrons. The van der Waals surface area contributed by atoms with Gasteiger partial charge < -0.3 is 9.84 Å². The van der Waals surface area contributed by atoms with E-state index in [-0.39, 0.29) is 12.4 Å². The summed E-state index contributed by atoms with van der Waals surface area (Å²) in [5.74, 6) is 3.89. The summed E-state index contributed by atoms with van der Waals surface area (Å²) >= 11 is 0. The summed E-state index contributed by atoms with van der Waals surface area (Å²) in [6, 6.07) is 0. The van der Waals surface area contributed by atoms with Crippen molar-refractivity contribution in [3.63, 3.8) is 0 Å². The number of nitrogens with one attached hydrogen (secondary N) is 1. The Morgan fingerprint density at radius 3 is 2.69 bits per heavy atom. The molecule has 0 amide bonds. The quantitative estimate of drug-likeness (QED) is 0.862. The van der Waals surface area contributed by atoms with E-state index in [1.165, 1.54) is 32.4 Å². The van der Waals surface area contributed by atoms with Gasteiger partial charge in [0.15, 0.2) is 5.82 Å². The average molecular weight is 244 g/mol. The van der Waals surface area contributed by atoms with E-state index in [0.717, 1.165) is 23.6 Å². The van der Waals surface area contributed by atoms with Crippen LogP contribution in [0.25, 0.3) is 0 Å². The van der Waals surface area contributed by atoms with Crippen molar-refractivity contribution >= 4 is 12.4 Å². The van der Waals surface area contributed by atoms with E-state index in [4.69, 9.17) is 4.52 Å². The van der Waals surface area contributed by atoms with Gasteiger partial charge in [-0.15, -0.1) is 12.4 Å². The summed E-state index contributed by atoms with van der Waals surface area (Å²) in [6.07, 6.45) is 3.88. The second-order valence-electron chi connectivity index (χ2n) is 4.77. The average Bonchev–Trinajstić information content (AvgIpc) is 2.96. The van der Waals surface area contributed by atoms with Crippen LogP contribution in [0, 0.1) is 18.8 Å². The zero-order valence-electron chi connectivity index (χ0n) is 9.48. The SMILES string of the molecule is Cc1noc([C@@H]2C[C@H]2C2CCNCC2)n1.Cl. The molecule has 1 aromatic heterocycles. The summed E-state index contributed by atoms with van der Waals surface area (Å²) < 4.78 is 5.23. The number of rotatable bonds is 2. The van der Waals surface area contributed by atoms with Crippen molar-refractivity contribution in [1.29, 1.82) is 0 Å². The van der Waals surface area contributed by atoms with Crippen LogP contribution in [-0.4, -0.2) is 23.2 Å². The van der Waals surface area contributed by atoms with Crippen molar-refractivity contribution in [2.45, 2.75) is 32.1 Å². The molecule has 16 heavy (non-hydrogen) atoms. The van der Waals surface area contributed by atoms with Crippen molar-refractivity contribution < 1.29 is 4.52 Å². The van der Waals surface area contributed by atoms with Gasteiger partial charge in [-0.1, -0.05) is 5.16 Å². The maximum absolute atomic E-state index is 5.23. The number of nitrogens with zero attached hydrogens (tertiary/aromatic N) is 2. The van der Waals surface area contributed by atoms with E-state index in [9.17, 15) is 0 Å². The first kappa shape index (κ1) is 11.9. The predicted molar refractivity (Wildman–Crippen MR) is 62.7 cm³/mol. The zero-order valence-corrected chi connectivity index (χ0v) is 10.3. The number of halogens is 1. The topological polar surface area (TPSA) is 51.0 Å². The summed E-state index contributed by atoms with van der Waals surface area (Å²) in [6.45, 7) is 4.24. The lowest BCUT2D eigenvalue weighted by atomic mass is 9.92. The molecule has 1 saturated heterocycles. The van der Waals surface area contributed by atoms with Gasteiger partial charge in [-0.25, -0.2) is 0 Å². The highest BCUT2D eigenvalue weighted by Crippen LogP contribution is 2.53. The number of hydrogen-bond donors (Lipinski definition) is 1. The molecule has 0 unspecified atom stereocenters. The molecule has 2 aliphatic rings. The minimum atomic E-state index is 0. The Labute approximate surface area is 102 Å². The standard InChI is InChI=1S/C11H17N3O.ClH/c1-7-13-11(15-14-7)10-6-9(10)8-2-4-12-5-3-8;/h8-10,12H,2-6H2,1H3;1H/t9-,10+;/m0./s1. The Morgan fingerprint density at radius 1 is 1.31 bits per heavy atom. The molecule has 1 aliphatic carbocycles. The molecule has 0 aromatic carbocycles. The number of piperidine rings is 1. The summed E-state index contributed by atoms with van der Waals surface area (Å²) in [7, 11) is 0. The van der Waals surface area contributed by atoms with Gasteiger partial charge in [0.2, 0.25) is 5.89 Å². The van der Waals surface area contributed by atoms with Crippen molar-refractivity contribution in [2.75, 3.05) is 13.1 Å². The molecular formula is C11H18ClN3O. The van der Waals surface area contributed by atoms with Gasteiger partial charge in [-0.3, -0.25) is 0 Å². The molecular weight excluding hydrogens is 226 g/mol. The molecule has 0 spiro atoms. The van der Waals surface area contributed by atoms with Gasteiger partial charge in [0.05, 0.1) is 0 Å². The highest BCUT2D eigenvalue weighted by atomic mass is 35.5. The van der Waals surface area contributed by atoms with Crippen molar-refractivity contribution in [3.05, 3.63) is 11.7 Å². The fourth-order valence-corrected chi connectivity index (χ4v) is 2.76. The van der Waals surface area contributed by atoms with Crippen molar-refractivity contribution in [3.8, 4) is 0 Å². The number of aryl methyl sites for hydroxylation is 1. The molecule has 0 bridgehead atoms. The van der Waals surface area contributed by atoms with Crippen molar-refractivity contribution in [2.24, 2.45) is 11.8 Å². The van der Waals surface area contributed by atoms with Crippen LogP contribution in [0.15, 0.2) is 4.52 Å². The maximum Gasteiger partial charge on any atom is 0.230 e. The molecule has 3 rings (SSSR count). The molecule has 1 N–H and O–H groups in total. The Kier molecular flexibility index (Phi) is 3.50. The zero-order chi connectivity index (χ0) is 10.3. The smallest absolute Gasteiger partial charge is 0.230 e. The molecule has 1 aliphatic heterocycles. The lowest BCUT2D eigenvalue weighted by Crippen LogP contribution is -2.28. The Hall–Kier alpha value is -0.610. The minimum absolute atomic E-state index is 0. The van der Waals surface area contributed by atoms with Crippen LogP contribution in [0.1, 0.15) is 36.9 Å². The Morgan fingerprint density at radius 2 is 2.06 bits per heavy atom. The van der Waals surface area contributed by atoms with Crippen molar-refractivity contribution in [1.82, 2.24) is 15.5 Å². The lowest BCUT2D eigenvalue weighted by molar-refractivity contribution is 0.316. The summed E-state index contributed by atoms with van der Waals surface area (Å²) in [4.78, 5) is 4.32. The normalized spacial score (nSPS) is 29.8. The van der Waals surface area contributed by atoms with Crippen LogP contribution in [0.4, 0.5) is 0 Å². The fourth-order valence-electron chi connectivity index (χ4n) is 2.76. The first-order valence-electron chi connectivity index (χ1n) is 5.85. The largest absolute Gasteiger partial charge is 0.339 e. The number of aromatic nitrogens is 2. The summed E-state index contributed by atoms with van der Waals surface area (Å²) in [5.41, 5.74) is 0. The second-order valence-corrected chi connectivity index (χ2v) is 4.77. The molecule has 2 heterocycles.